The second-order valence-electron chi connectivity index (χ2n) is 6.93. The van der Waals surface area contributed by atoms with Crippen LogP contribution in [-0.2, 0) is 0 Å². The van der Waals surface area contributed by atoms with Crippen LogP contribution in [0.15, 0.2) is 41.3 Å². The average molecular weight is 450 g/mol. The van der Waals surface area contributed by atoms with E-state index in [1.165, 1.54) is 0 Å². The molecule has 0 aliphatic heterocycles. The number of halogens is 3. The maximum atomic E-state index is 13.3. The topological polar surface area (TPSA) is 82.7 Å². The van der Waals surface area contributed by atoms with Gasteiger partial charge in [0.05, 0.1) is 17.6 Å². The van der Waals surface area contributed by atoms with E-state index in [9.17, 15) is 13.6 Å². The molecule has 28 heavy (non-hydrogen) atoms. The molecule has 3 heterocycles. The van der Waals surface area contributed by atoms with Crippen LogP contribution in [0, 0.1) is 0 Å². The number of rotatable bonds is 3. The summed E-state index contributed by atoms with van der Waals surface area (Å²) in [7, 11) is 0. The van der Waals surface area contributed by atoms with Crippen molar-refractivity contribution in [2.75, 3.05) is 10.6 Å². The number of nitrogens with one attached hydrogen (secondary N) is 3. The average Bonchev–Trinajstić information content (AvgIpc) is 3.04. The Balaban J connectivity index is 1.39. The van der Waals surface area contributed by atoms with Crippen molar-refractivity contribution in [3.8, 4) is 0 Å². The number of carbonyl (C=O) groups excluding carboxylic acids is 1. The highest BCUT2D eigenvalue weighted by Crippen LogP contribution is 2.40. The number of aromatic amines is 1. The van der Waals surface area contributed by atoms with Crippen LogP contribution >= 0.6 is 15.9 Å². The number of pyridine rings is 2. The molecule has 1 fully saturated rings. The minimum Gasteiger partial charge on any atom is -0.344 e. The molecule has 0 unspecified atom stereocenters. The first-order valence-corrected chi connectivity index (χ1v) is 9.73. The number of H-pyrrole nitrogens is 1. The molecule has 0 aromatic carbocycles. The van der Waals surface area contributed by atoms with E-state index in [0.717, 1.165) is 15.6 Å². The lowest BCUT2D eigenvalue weighted by Gasteiger charge is -2.27. The zero-order valence-electron chi connectivity index (χ0n) is 14.8. The summed E-state index contributed by atoms with van der Waals surface area (Å²) in [5, 5.41) is 6.28. The zero-order valence-corrected chi connectivity index (χ0v) is 16.4. The Bertz CT molecular complexity index is 995. The summed E-state index contributed by atoms with van der Waals surface area (Å²) in [5.41, 5.74) is 2.59. The Morgan fingerprint density at radius 2 is 1.96 bits per heavy atom. The first kappa shape index (κ1) is 18.8. The lowest BCUT2D eigenvalue weighted by Crippen LogP contribution is -2.24. The van der Waals surface area contributed by atoms with Crippen molar-refractivity contribution in [2.24, 2.45) is 0 Å². The van der Waals surface area contributed by atoms with Gasteiger partial charge < -0.3 is 15.6 Å². The van der Waals surface area contributed by atoms with Gasteiger partial charge in [-0.1, -0.05) is 0 Å². The van der Waals surface area contributed by atoms with Crippen LogP contribution in [0.2, 0.25) is 0 Å². The fourth-order valence-electron chi connectivity index (χ4n) is 3.42. The highest BCUT2D eigenvalue weighted by atomic mass is 79.9. The van der Waals surface area contributed by atoms with Crippen LogP contribution in [0.1, 0.15) is 37.3 Å². The molecule has 0 spiro atoms. The van der Waals surface area contributed by atoms with Gasteiger partial charge in [-0.2, -0.15) is 0 Å². The number of carbonyl (C=O) groups is 1. The van der Waals surface area contributed by atoms with Gasteiger partial charge >= 0.3 is 6.03 Å². The van der Waals surface area contributed by atoms with Crippen LogP contribution < -0.4 is 10.6 Å². The number of amides is 2. The first-order valence-electron chi connectivity index (χ1n) is 8.94. The van der Waals surface area contributed by atoms with Crippen molar-refractivity contribution < 1.29 is 13.6 Å². The minimum absolute atomic E-state index is 0.0414. The van der Waals surface area contributed by atoms with Gasteiger partial charge in [-0.25, -0.2) is 18.6 Å². The van der Waals surface area contributed by atoms with E-state index in [4.69, 9.17) is 0 Å². The Kier molecular flexibility index (Phi) is 5.01. The summed E-state index contributed by atoms with van der Waals surface area (Å²) >= 11 is 3.36. The summed E-state index contributed by atoms with van der Waals surface area (Å²) in [6, 6.07) is 4.98. The monoisotopic (exact) mass is 449 g/mol. The van der Waals surface area contributed by atoms with Crippen LogP contribution in [0.5, 0.6) is 0 Å². The fourth-order valence-corrected chi connectivity index (χ4v) is 3.75. The maximum Gasteiger partial charge on any atom is 0.323 e. The summed E-state index contributed by atoms with van der Waals surface area (Å²) in [5.74, 6) is -2.51. The molecule has 3 N–H and O–H groups in total. The van der Waals surface area contributed by atoms with Crippen molar-refractivity contribution >= 4 is 44.4 Å². The molecule has 1 aliphatic rings. The van der Waals surface area contributed by atoms with Gasteiger partial charge in [-0.15, -0.1) is 0 Å². The minimum atomic E-state index is -2.55. The summed E-state index contributed by atoms with van der Waals surface area (Å²) in [4.78, 5) is 23.9. The molecule has 0 radical (unpaired) electrons. The largest absolute Gasteiger partial charge is 0.344 e. The highest BCUT2D eigenvalue weighted by Gasteiger charge is 2.35. The molecule has 1 aliphatic carbocycles. The molecule has 1 saturated carbocycles. The van der Waals surface area contributed by atoms with Crippen molar-refractivity contribution in [1.29, 1.82) is 0 Å². The Morgan fingerprint density at radius 3 is 2.68 bits per heavy atom. The van der Waals surface area contributed by atoms with E-state index in [0.29, 0.717) is 29.9 Å². The van der Waals surface area contributed by atoms with E-state index in [1.807, 2.05) is 6.07 Å². The van der Waals surface area contributed by atoms with Crippen molar-refractivity contribution in [1.82, 2.24) is 15.0 Å². The van der Waals surface area contributed by atoms with Crippen molar-refractivity contribution in [3.63, 3.8) is 0 Å². The van der Waals surface area contributed by atoms with Gasteiger partial charge in [-0.05, 0) is 47.0 Å². The molecule has 4 rings (SSSR count). The Morgan fingerprint density at radius 1 is 1.18 bits per heavy atom. The number of hydrogen-bond acceptors (Lipinski definition) is 3. The molecule has 0 saturated heterocycles. The second-order valence-corrected chi connectivity index (χ2v) is 7.85. The standard InChI is InChI=1S/C19H18BrF2N5O/c20-12-7-14-16(10-25-17(14)24-8-12)27-18(28)26-13-1-2-15(23-9-13)11-3-5-19(21,22)6-4-11/h1-2,7-11H,3-6H2,(H,24,25)(H2,26,27,28). The maximum absolute atomic E-state index is 13.3. The van der Waals surface area contributed by atoms with Crippen molar-refractivity contribution in [3.05, 3.63) is 47.0 Å². The SMILES string of the molecule is O=C(Nc1ccc(C2CCC(F)(F)CC2)nc1)Nc1c[nH]c2ncc(Br)cc12. The van der Waals surface area contributed by atoms with E-state index < -0.39 is 12.0 Å². The van der Waals surface area contributed by atoms with E-state index in [1.54, 1.807) is 30.7 Å². The third kappa shape index (κ3) is 4.14. The number of anilines is 2. The number of hydrogen-bond donors (Lipinski definition) is 3. The molecular formula is C19H18BrF2N5O. The normalized spacial score (nSPS) is 16.8. The highest BCUT2D eigenvalue weighted by molar-refractivity contribution is 9.10. The number of fused-ring (bicyclic) bond motifs is 1. The number of aromatic nitrogens is 3. The first-order chi connectivity index (χ1) is 13.4. The fraction of sp³-hybridized carbons (Fsp3) is 0.316. The number of alkyl halides is 2. The van der Waals surface area contributed by atoms with E-state index in [-0.39, 0.29) is 18.8 Å². The van der Waals surface area contributed by atoms with E-state index >= 15 is 0 Å². The van der Waals surface area contributed by atoms with Gasteiger partial charge in [0, 0.05) is 46.7 Å². The smallest absolute Gasteiger partial charge is 0.323 e. The van der Waals surface area contributed by atoms with Gasteiger partial charge in [0.1, 0.15) is 5.65 Å². The van der Waals surface area contributed by atoms with Gasteiger partial charge in [0.15, 0.2) is 0 Å². The van der Waals surface area contributed by atoms with Gasteiger partial charge in [0.2, 0.25) is 5.92 Å². The van der Waals surface area contributed by atoms with Crippen LogP contribution in [0.25, 0.3) is 11.0 Å². The molecule has 9 heteroatoms. The van der Waals surface area contributed by atoms with Crippen LogP contribution in [0.4, 0.5) is 25.0 Å². The molecule has 146 valence electrons. The zero-order chi connectivity index (χ0) is 19.7. The lowest BCUT2D eigenvalue weighted by molar-refractivity contribution is -0.0384. The van der Waals surface area contributed by atoms with E-state index in [2.05, 4.69) is 41.5 Å². The summed E-state index contributed by atoms with van der Waals surface area (Å²) < 4.78 is 27.4. The van der Waals surface area contributed by atoms with Crippen LogP contribution in [-0.4, -0.2) is 26.9 Å². The molecule has 2 amide bonds. The third-order valence-electron chi connectivity index (χ3n) is 4.93. The van der Waals surface area contributed by atoms with Gasteiger partial charge in [-0.3, -0.25) is 4.98 Å². The lowest BCUT2D eigenvalue weighted by atomic mass is 9.84. The molecule has 3 aromatic heterocycles. The van der Waals surface area contributed by atoms with Crippen molar-refractivity contribution in [2.45, 2.75) is 37.5 Å². The molecule has 6 nitrogen and oxygen atoms in total. The Hall–Kier alpha value is -2.55. The second kappa shape index (κ2) is 7.46. The molecule has 0 bridgehead atoms. The molecule has 0 atom stereocenters. The number of urea groups is 1. The number of nitrogens with zero attached hydrogens (tertiary/aromatic N) is 2. The summed E-state index contributed by atoms with van der Waals surface area (Å²) in [6.07, 6.45) is 5.55. The molecule has 3 aromatic rings. The predicted molar refractivity (Wildman–Crippen MR) is 107 cm³/mol. The predicted octanol–water partition coefficient (Wildman–Crippen LogP) is 5.66. The Labute approximate surface area is 168 Å². The third-order valence-corrected chi connectivity index (χ3v) is 5.36. The van der Waals surface area contributed by atoms with Crippen LogP contribution in [0.3, 0.4) is 0 Å². The molecular weight excluding hydrogens is 432 g/mol. The quantitative estimate of drug-likeness (QED) is 0.482. The summed E-state index contributed by atoms with van der Waals surface area (Å²) in [6.45, 7) is 0. The van der Waals surface area contributed by atoms with Gasteiger partial charge in [0.25, 0.3) is 0 Å².